The Morgan fingerprint density at radius 2 is 2.12 bits per heavy atom. The van der Waals surface area contributed by atoms with Crippen LogP contribution in [0.3, 0.4) is 0 Å². The molecule has 130 valence electrons. The maximum absolute atomic E-state index is 10.7. The lowest BCUT2D eigenvalue weighted by Gasteiger charge is -2.16. The third kappa shape index (κ3) is 3.15. The Labute approximate surface area is 141 Å². The molecule has 1 amide bonds. The summed E-state index contributed by atoms with van der Waals surface area (Å²) in [5.74, 6) is 0.799. The summed E-state index contributed by atoms with van der Waals surface area (Å²) in [7, 11) is 0. The van der Waals surface area contributed by atoms with Crippen molar-refractivity contribution in [3.63, 3.8) is 0 Å². The number of amides is 1. The number of nitrogens with zero attached hydrogens (tertiary/aromatic N) is 4. The van der Waals surface area contributed by atoms with Crippen molar-refractivity contribution in [3.05, 3.63) is 12.7 Å². The predicted octanol–water partition coefficient (Wildman–Crippen LogP) is -1.36. The molecule has 4 atom stereocenters. The number of nitrogens with two attached hydrogens (primary N) is 2. The Balaban J connectivity index is 1.72. The van der Waals surface area contributed by atoms with Gasteiger partial charge < -0.3 is 26.4 Å². The van der Waals surface area contributed by atoms with Gasteiger partial charge in [-0.2, -0.15) is 11.8 Å². The van der Waals surface area contributed by atoms with Crippen molar-refractivity contribution in [3.8, 4) is 0 Å². The Kier molecular flexibility index (Phi) is 4.85. The average molecular weight is 354 g/mol. The van der Waals surface area contributed by atoms with Gasteiger partial charge >= 0.3 is 0 Å². The third-order valence-electron chi connectivity index (χ3n) is 3.77. The van der Waals surface area contributed by atoms with Crippen LogP contribution in [0.4, 0.5) is 5.82 Å². The minimum Gasteiger partial charge on any atom is -0.387 e. The van der Waals surface area contributed by atoms with Crippen LogP contribution in [-0.4, -0.2) is 65.5 Å². The van der Waals surface area contributed by atoms with Crippen molar-refractivity contribution in [1.82, 2.24) is 19.5 Å². The second kappa shape index (κ2) is 6.89. The fraction of sp³-hybridized carbons (Fsp3) is 0.538. The SMILES string of the molecule is NC(=O)CCSC[C@H]1O[C@@H](n2cnc3c(N)ncnc32)[C@H](O)[C@@H]1O. The summed E-state index contributed by atoms with van der Waals surface area (Å²) in [6, 6.07) is 0. The van der Waals surface area contributed by atoms with E-state index in [1.165, 1.54) is 29.0 Å². The van der Waals surface area contributed by atoms with Gasteiger partial charge in [0.05, 0.1) is 12.4 Å². The van der Waals surface area contributed by atoms with E-state index in [-0.39, 0.29) is 18.1 Å². The van der Waals surface area contributed by atoms with Gasteiger partial charge in [-0.05, 0) is 0 Å². The molecule has 0 aromatic carbocycles. The number of primary amides is 1. The second-order valence-electron chi connectivity index (χ2n) is 5.42. The van der Waals surface area contributed by atoms with Crippen LogP contribution in [0.2, 0.25) is 0 Å². The fourth-order valence-corrected chi connectivity index (χ4v) is 3.55. The van der Waals surface area contributed by atoms with E-state index in [9.17, 15) is 15.0 Å². The normalized spacial score (nSPS) is 26.9. The number of thioether (sulfide) groups is 1. The highest BCUT2D eigenvalue weighted by molar-refractivity contribution is 7.99. The smallest absolute Gasteiger partial charge is 0.218 e. The van der Waals surface area contributed by atoms with Crippen LogP contribution in [0.1, 0.15) is 12.6 Å². The van der Waals surface area contributed by atoms with E-state index >= 15 is 0 Å². The maximum atomic E-state index is 10.7. The molecular formula is C13H18N6O4S. The highest BCUT2D eigenvalue weighted by Gasteiger charge is 2.44. The molecule has 0 saturated carbocycles. The number of carbonyl (C=O) groups is 1. The number of fused-ring (bicyclic) bond motifs is 1. The van der Waals surface area contributed by atoms with E-state index in [1.807, 2.05) is 0 Å². The van der Waals surface area contributed by atoms with Crippen molar-refractivity contribution >= 4 is 34.7 Å². The number of aliphatic hydroxyl groups excluding tert-OH is 2. The summed E-state index contributed by atoms with van der Waals surface area (Å²) in [6.07, 6.45) is -0.625. The van der Waals surface area contributed by atoms with Crippen molar-refractivity contribution in [2.24, 2.45) is 5.73 Å². The first-order chi connectivity index (χ1) is 11.5. The van der Waals surface area contributed by atoms with Gasteiger partial charge in [0.2, 0.25) is 5.91 Å². The average Bonchev–Trinajstić information content (AvgIpc) is 3.08. The first-order valence-electron chi connectivity index (χ1n) is 7.29. The number of anilines is 1. The van der Waals surface area contributed by atoms with E-state index in [0.717, 1.165) is 0 Å². The number of imidazole rings is 1. The maximum Gasteiger partial charge on any atom is 0.218 e. The highest BCUT2D eigenvalue weighted by Crippen LogP contribution is 2.33. The molecule has 0 spiro atoms. The molecule has 2 aromatic heterocycles. The predicted molar refractivity (Wildman–Crippen MR) is 86.8 cm³/mol. The molecule has 3 rings (SSSR count). The number of hydrogen-bond acceptors (Lipinski definition) is 9. The molecule has 11 heteroatoms. The molecule has 24 heavy (non-hydrogen) atoms. The Morgan fingerprint density at radius 3 is 2.88 bits per heavy atom. The molecule has 0 radical (unpaired) electrons. The number of rotatable bonds is 6. The van der Waals surface area contributed by atoms with Crippen LogP contribution in [0.5, 0.6) is 0 Å². The van der Waals surface area contributed by atoms with Crippen LogP contribution in [0.25, 0.3) is 11.2 Å². The van der Waals surface area contributed by atoms with Crippen molar-refractivity contribution in [1.29, 1.82) is 0 Å². The summed E-state index contributed by atoms with van der Waals surface area (Å²) in [5, 5.41) is 20.5. The zero-order valence-corrected chi connectivity index (χ0v) is 13.5. The van der Waals surface area contributed by atoms with Crippen LogP contribution in [-0.2, 0) is 9.53 Å². The number of carbonyl (C=O) groups excluding carboxylic acids is 1. The Morgan fingerprint density at radius 1 is 1.33 bits per heavy atom. The summed E-state index contributed by atoms with van der Waals surface area (Å²) in [6.45, 7) is 0. The number of hydrogen-bond donors (Lipinski definition) is 4. The third-order valence-corrected chi connectivity index (χ3v) is 4.83. The molecule has 2 aromatic rings. The zero-order chi connectivity index (χ0) is 17.3. The monoisotopic (exact) mass is 354 g/mol. The first kappa shape index (κ1) is 16.9. The molecule has 10 nitrogen and oxygen atoms in total. The van der Waals surface area contributed by atoms with E-state index < -0.39 is 24.5 Å². The molecule has 0 unspecified atom stereocenters. The molecule has 3 heterocycles. The van der Waals surface area contributed by atoms with Gasteiger partial charge in [-0.25, -0.2) is 15.0 Å². The molecule has 6 N–H and O–H groups in total. The van der Waals surface area contributed by atoms with Crippen LogP contribution in [0.15, 0.2) is 12.7 Å². The first-order valence-corrected chi connectivity index (χ1v) is 8.45. The zero-order valence-electron chi connectivity index (χ0n) is 12.6. The lowest BCUT2D eigenvalue weighted by molar-refractivity contribution is -0.117. The number of aromatic nitrogens is 4. The fourth-order valence-electron chi connectivity index (χ4n) is 2.53. The minimum atomic E-state index is -1.14. The molecule has 0 aliphatic carbocycles. The van der Waals surface area contributed by atoms with Gasteiger partial charge in [-0.1, -0.05) is 0 Å². The molecule has 1 saturated heterocycles. The van der Waals surface area contributed by atoms with E-state index in [2.05, 4.69) is 15.0 Å². The summed E-state index contributed by atoms with van der Waals surface area (Å²) < 4.78 is 7.29. The summed E-state index contributed by atoms with van der Waals surface area (Å²) >= 11 is 1.42. The van der Waals surface area contributed by atoms with Gasteiger partial charge in [0.15, 0.2) is 17.7 Å². The van der Waals surface area contributed by atoms with Crippen molar-refractivity contribution in [2.75, 3.05) is 17.2 Å². The lowest BCUT2D eigenvalue weighted by Crippen LogP contribution is -2.32. The van der Waals surface area contributed by atoms with Gasteiger partial charge in [-0.3, -0.25) is 9.36 Å². The number of ether oxygens (including phenoxy) is 1. The van der Waals surface area contributed by atoms with Gasteiger partial charge in [0, 0.05) is 17.9 Å². The minimum absolute atomic E-state index is 0.227. The Hall–Kier alpha value is -1.95. The molecule has 1 aliphatic heterocycles. The standard InChI is InChI=1S/C13H18N6O4S/c14-7(20)1-2-24-3-6-9(21)10(22)13(23-6)19-5-18-8-11(15)16-4-17-12(8)19/h4-6,9-10,13,21-22H,1-3H2,(H2,14,20)(H2,15,16,17)/t6-,9-,10-,13-/m1/s1. The van der Waals surface area contributed by atoms with Crippen molar-refractivity contribution in [2.45, 2.75) is 31.0 Å². The molecule has 0 bridgehead atoms. The van der Waals surface area contributed by atoms with Gasteiger partial charge in [0.1, 0.15) is 24.1 Å². The summed E-state index contributed by atoms with van der Waals surface area (Å²) in [4.78, 5) is 22.8. The van der Waals surface area contributed by atoms with Crippen molar-refractivity contribution < 1.29 is 19.7 Å². The quantitative estimate of drug-likeness (QED) is 0.459. The molecule has 1 fully saturated rings. The van der Waals surface area contributed by atoms with Crippen LogP contribution >= 0.6 is 11.8 Å². The van der Waals surface area contributed by atoms with E-state index in [1.54, 1.807) is 0 Å². The van der Waals surface area contributed by atoms with Gasteiger partial charge in [-0.15, -0.1) is 0 Å². The number of aliphatic hydroxyl groups is 2. The highest BCUT2D eigenvalue weighted by atomic mass is 32.2. The number of nitrogen functional groups attached to an aromatic ring is 1. The largest absolute Gasteiger partial charge is 0.387 e. The summed E-state index contributed by atoms with van der Waals surface area (Å²) in [5.41, 5.74) is 11.6. The van der Waals surface area contributed by atoms with Gasteiger partial charge in [0.25, 0.3) is 0 Å². The van der Waals surface area contributed by atoms with Crippen LogP contribution < -0.4 is 11.5 Å². The topological polar surface area (TPSA) is 162 Å². The van der Waals surface area contributed by atoms with E-state index in [0.29, 0.717) is 22.7 Å². The van der Waals surface area contributed by atoms with Crippen LogP contribution in [0, 0.1) is 0 Å². The van der Waals surface area contributed by atoms with E-state index in [4.69, 9.17) is 16.2 Å². The Bertz CT molecular complexity index is 740. The molecular weight excluding hydrogens is 336 g/mol. The molecule has 1 aliphatic rings. The lowest BCUT2D eigenvalue weighted by atomic mass is 10.1. The second-order valence-corrected chi connectivity index (χ2v) is 6.57.